The highest BCUT2D eigenvalue weighted by Crippen LogP contribution is 2.18. The van der Waals surface area contributed by atoms with E-state index >= 15 is 0 Å². The highest BCUT2D eigenvalue weighted by molar-refractivity contribution is 5.06. The molecule has 0 aromatic heterocycles. The maximum Gasteiger partial charge on any atom is 0.110 e. The second-order valence-electron chi connectivity index (χ2n) is 3.93. The predicted octanol–water partition coefficient (Wildman–Crippen LogP) is 1.56. The van der Waals surface area contributed by atoms with Crippen LogP contribution in [0.3, 0.4) is 0 Å². The van der Waals surface area contributed by atoms with Crippen molar-refractivity contribution >= 4 is 0 Å². The van der Waals surface area contributed by atoms with Gasteiger partial charge in [0.15, 0.2) is 0 Å². The average Bonchev–Trinajstić information content (AvgIpc) is 2.58. The fourth-order valence-electron chi connectivity index (χ4n) is 1.49. The molecule has 13 heavy (non-hydrogen) atoms. The van der Waals surface area contributed by atoms with E-state index in [0.717, 1.165) is 31.1 Å². The van der Waals surface area contributed by atoms with Crippen molar-refractivity contribution in [3.63, 3.8) is 0 Å². The standard InChI is InChI=1S/C10H20N2O/c1-8(2)5-6-9(12-11)10-4-3-7-13-10/h4,8-9,12H,3,5-7,11H2,1-2H3. The normalized spacial score (nSPS) is 18.6. The number of nitrogens with two attached hydrogens (primary N) is 1. The van der Waals surface area contributed by atoms with Gasteiger partial charge in [-0.25, -0.2) is 5.43 Å². The molecule has 1 atom stereocenters. The van der Waals surface area contributed by atoms with Crippen molar-refractivity contribution in [3.05, 3.63) is 11.8 Å². The Morgan fingerprint density at radius 3 is 2.77 bits per heavy atom. The lowest BCUT2D eigenvalue weighted by Gasteiger charge is -2.17. The second kappa shape index (κ2) is 5.25. The van der Waals surface area contributed by atoms with Crippen LogP contribution >= 0.6 is 0 Å². The van der Waals surface area contributed by atoms with Crippen molar-refractivity contribution in [2.75, 3.05) is 6.61 Å². The summed E-state index contributed by atoms with van der Waals surface area (Å²) in [5, 5.41) is 0. The van der Waals surface area contributed by atoms with Crippen LogP contribution in [0.2, 0.25) is 0 Å². The Kier molecular flexibility index (Phi) is 4.25. The third-order valence-electron chi connectivity index (χ3n) is 2.31. The van der Waals surface area contributed by atoms with Crippen molar-refractivity contribution in [1.82, 2.24) is 5.43 Å². The van der Waals surface area contributed by atoms with Gasteiger partial charge in [-0.05, 0) is 24.8 Å². The number of hydrogen-bond donors (Lipinski definition) is 2. The molecule has 0 spiro atoms. The fourth-order valence-corrected chi connectivity index (χ4v) is 1.49. The zero-order valence-electron chi connectivity index (χ0n) is 8.55. The lowest BCUT2D eigenvalue weighted by Crippen LogP contribution is -2.37. The van der Waals surface area contributed by atoms with Gasteiger partial charge < -0.3 is 4.74 Å². The first-order valence-electron chi connectivity index (χ1n) is 5.03. The van der Waals surface area contributed by atoms with Crippen LogP contribution in [0.5, 0.6) is 0 Å². The van der Waals surface area contributed by atoms with Crippen molar-refractivity contribution in [2.24, 2.45) is 11.8 Å². The Balaban J connectivity index is 2.33. The van der Waals surface area contributed by atoms with E-state index in [1.165, 1.54) is 6.42 Å². The van der Waals surface area contributed by atoms with Crippen LogP contribution in [0.25, 0.3) is 0 Å². The molecular weight excluding hydrogens is 164 g/mol. The summed E-state index contributed by atoms with van der Waals surface area (Å²) in [5.74, 6) is 7.22. The second-order valence-corrected chi connectivity index (χ2v) is 3.93. The van der Waals surface area contributed by atoms with E-state index in [0.29, 0.717) is 0 Å². The van der Waals surface area contributed by atoms with Crippen LogP contribution in [0, 0.1) is 5.92 Å². The van der Waals surface area contributed by atoms with Crippen molar-refractivity contribution in [3.8, 4) is 0 Å². The Labute approximate surface area is 80.3 Å². The van der Waals surface area contributed by atoms with E-state index in [1.807, 2.05) is 0 Å². The van der Waals surface area contributed by atoms with E-state index in [4.69, 9.17) is 10.6 Å². The van der Waals surface area contributed by atoms with E-state index in [2.05, 4.69) is 25.3 Å². The first-order chi connectivity index (χ1) is 6.24. The van der Waals surface area contributed by atoms with Gasteiger partial charge in [-0.15, -0.1) is 0 Å². The van der Waals surface area contributed by atoms with E-state index in [-0.39, 0.29) is 6.04 Å². The summed E-state index contributed by atoms with van der Waals surface area (Å²) >= 11 is 0. The summed E-state index contributed by atoms with van der Waals surface area (Å²) in [7, 11) is 0. The topological polar surface area (TPSA) is 47.3 Å². The molecule has 76 valence electrons. The summed E-state index contributed by atoms with van der Waals surface area (Å²) in [6.45, 7) is 5.25. The molecule has 0 radical (unpaired) electrons. The summed E-state index contributed by atoms with van der Waals surface area (Å²) in [6.07, 6.45) is 5.38. The predicted molar refractivity (Wildman–Crippen MR) is 53.8 cm³/mol. The lowest BCUT2D eigenvalue weighted by molar-refractivity contribution is 0.209. The lowest BCUT2D eigenvalue weighted by atomic mass is 10.0. The van der Waals surface area contributed by atoms with Crippen LogP contribution in [-0.2, 0) is 4.74 Å². The number of hydrazine groups is 1. The van der Waals surface area contributed by atoms with E-state index in [9.17, 15) is 0 Å². The maximum atomic E-state index is 5.47. The highest BCUT2D eigenvalue weighted by Gasteiger charge is 2.17. The Bertz CT molecular complexity index is 178. The van der Waals surface area contributed by atoms with Gasteiger partial charge in [0.2, 0.25) is 0 Å². The van der Waals surface area contributed by atoms with Gasteiger partial charge in [0, 0.05) is 6.42 Å². The first kappa shape index (κ1) is 10.5. The molecule has 1 rings (SSSR count). The summed E-state index contributed by atoms with van der Waals surface area (Å²) in [4.78, 5) is 0. The molecule has 0 aromatic rings. The third kappa shape index (κ3) is 3.36. The zero-order valence-corrected chi connectivity index (χ0v) is 8.55. The number of hydrogen-bond acceptors (Lipinski definition) is 3. The molecular formula is C10H20N2O. The maximum absolute atomic E-state index is 5.47. The van der Waals surface area contributed by atoms with Gasteiger partial charge in [0.1, 0.15) is 5.76 Å². The molecule has 1 aliphatic rings. The number of nitrogens with one attached hydrogen (secondary N) is 1. The van der Waals surface area contributed by atoms with Crippen LogP contribution in [0.15, 0.2) is 11.8 Å². The van der Waals surface area contributed by atoms with Gasteiger partial charge in [-0.2, -0.15) is 0 Å². The molecule has 1 aliphatic heterocycles. The zero-order chi connectivity index (χ0) is 9.68. The SMILES string of the molecule is CC(C)CCC(NN)C1=CCCO1. The van der Waals surface area contributed by atoms with Crippen molar-refractivity contribution in [2.45, 2.75) is 39.2 Å². The van der Waals surface area contributed by atoms with Gasteiger partial charge in [-0.1, -0.05) is 13.8 Å². The minimum Gasteiger partial charge on any atom is -0.496 e. The molecule has 0 saturated heterocycles. The van der Waals surface area contributed by atoms with Gasteiger partial charge in [0.25, 0.3) is 0 Å². The van der Waals surface area contributed by atoms with Gasteiger partial charge in [0.05, 0.1) is 12.6 Å². The molecule has 1 heterocycles. The van der Waals surface area contributed by atoms with Crippen molar-refractivity contribution in [1.29, 1.82) is 0 Å². The number of ether oxygens (including phenoxy) is 1. The Morgan fingerprint density at radius 2 is 2.31 bits per heavy atom. The van der Waals surface area contributed by atoms with Gasteiger partial charge >= 0.3 is 0 Å². The van der Waals surface area contributed by atoms with Crippen LogP contribution < -0.4 is 11.3 Å². The smallest absolute Gasteiger partial charge is 0.110 e. The van der Waals surface area contributed by atoms with Crippen LogP contribution in [0.4, 0.5) is 0 Å². The molecule has 3 heteroatoms. The molecule has 0 aliphatic carbocycles. The number of rotatable bonds is 5. The molecule has 0 amide bonds. The molecule has 3 N–H and O–H groups in total. The molecule has 0 fully saturated rings. The molecule has 0 bridgehead atoms. The summed E-state index contributed by atoms with van der Waals surface area (Å²) in [5.41, 5.74) is 2.81. The Morgan fingerprint density at radius 1 is 1.54 bits per heavy atom. The minimum absolute atomic E-state index is 0.213. The van der Waals surface area contributed by atoms with Crippen molar-refractivity contribution < 1.29 is 4.74 Å². The van der Waals surface area contributed by atoms with Gasteiger partial charge in [-0.3, -0.25) is 5.84 Å². The minimum atomic E-state index is 0.213. The monoisotopic (exact) mass is 184 g/mol. The molecule has 0 aromatic carbocycles. The average molecular weight is 184 g/mol. The molecule has 0 saturated carbocycles. The summed E-state index contributed by atoms with van der Waals surface area (Å²) < 4.78 is 5.46. The quantitative estimate of drug-likeness (QED) is 0.503. The largest absolute Gasteiger partial charge is 0.496 e. The molecule has 3 nitrogen and oxygen atoms in total. The molecule has 1 unspecified atom stereocenters. The third-order valence-corrected chi connectivity index (χ3v) is 2.31. The van der Waals surface area contributed by atoms with Crippen LogP contribution in [0.1, 0.15) is 33.1 Å². The fraction of sp³-hybridized carbons (Fsp3) is 0.800. The van der Waals surface area contributed by atoms with Crippen LogP contribution in [-0.4, -0.2) is 12.6 Å². The van der Waals surface area contributed by atoms with E-state index < -0.39 is 0 Å². The first-order valence-corrected chi connectivity index (χ1v) is 5.03. The van der Waals surface area contributed by atoms with E-state index in [1.54, 1.807) is 0 Å². The summed E-state index contributed by atoms with van der Waals surface area (Å²) in [6, 6.07) is 0.213. The Hall–Kier alpha value is -0.540. The highest BCUT2D eigenvalue weighted by atomic mass is 16.5.